The van der Waals surface area contributed by atoms with Gasteiger partial charge in [0.2, 0.25) is 5.91 Å². The van der Waals surface area contributed by atoms with E-state index in [4.69, 9.17) is 4.74 Å². The van der Waals surface area contributed by atoms with Crippen molar-refractivity contribution in [3.63, 3.8) is 0 Å². The topological polar surface area (TPSA) is 61.9 Å². The molecule has 0 aromatic rings. The third-order valence-corrected chi connectivity index (χ3v) is 5.88. The smallest absolute Gasteiger partial charge is 0.417 e. The molecular formula is C21H31N3O3. The lowest BCUT2D eigenvalue weighted by molar-refractivity contribution is -0.127. The van der Waals surface area contributed by atoms with Crippen LogP contribution in [0, 0.1) is 11.3 Å². The Bertz CT molecular complexity index is 641. The van der Waals surface area contributed by atoms with Crippen molar-refractivity contribution in [1.82, 2.24) is 15.1 Å². The predicted octanol–water partition coefficient (Wildman–Crippen LogP) is 3.39. The minimum Gasteiger partial charge on any atom is -0.449 e. The van der Waals surface area contributed by atoms with Crippen LogP contribution in [0.25, 0.3) is 0 Å². The zero-order valence-corrected chi connectivity index (χ0v) is 16.4. The predicted molar refractivity (Wildman–Crippen MR) is 104 cm³/mol. The van der Waals surface area contributed by atoms with E-state index in [0.29, 0.717) is 12.0 Å². The molecule has 0 aromatic heterocycles. The van der Waals surface area contributed by atoms with Gasteiger partial charge in [-0.3, -0.25) is 9.69 Å². The summed E-state index contributed by atoms with van der Waals surface area (Å²) in [4.78, 5) is 28.0. The number of carbonyl (C=O) groups excluding carboxylic acids is 2. The van der Waals surface area contributed by atoms with Gasteiger partial charge in [-0.2, -0.15) is 0 Å². The summed E-state index contributed by atoms with van der Waals surface area (Å²) in [6, 6.07) is 0. The van der Waals surface area contributed by atoms with Gasteiger partial charge in [0.25, 0.3) is 0 Å². The molecule has 0 aromatic carbocycles. The molecule has 0 radical (unpaired) electrons. The third kappa shape index (κ3) is 4.93. The molecule has 1 saturated carbocycles. The molecular weight excluding hydrogens is 342 g/mol. The number of allylic oxidation sites excluding steroid dienone is 3. The van der Waals surface area contributed by atoms with E-state index in [9.17, 15) is 9.59 Å². The number of amides is 2. The molecule has 0 bridgehead atoms. The van der Waals surface area contributed by atoms with Crippen LogP contribution >= 0.6 is 0 Å². The summed E-state index contributed by atoms with van der Waals surface area (Å²) in [7, 11) is 0. The van der Waals surface area contributed by atoms with Crippen LogP contribution in [0.15, 0.2) is 36.3 Å². The number of piperidine rings is 1. The molecule has 2 aliphatic heterocycles. The van der Waals surface area contributed by atoms with Gasteiger partial charge < -0.3 is 15.0 Å². The molecule has 27 heavy (non-hydrogen) atoms. The van der Waals surface area contributed by atoms with Gasteiger partial charge in [-0.15, -0.1) is 0 Å². The Kier molecular flexibility index (Phi) is 6.24. The summed E-state index contributed by atoms with van der Waals surface area (Å²) < 4.78 is 5.02. The summed E-state index contributed by atoms with van der Waals surface area (Å²) >= 11 is 0. The molecule has 1 saturated heterocycles. The lowest BCUT2D eigenvalue weighted by Crippen LogP contribution is -2.44. The quantitative estimate of drug-likeness (QED) is 0.802. The molecule has 2 fully saturated rings. The highest BCUT2D eigenvalue weighted by molar-refractivity contribution is 5.78. The fourth-order valence-electron chi connectivity index (χ4n) is 3.83. The Morgan fingerprint density at radius 3 is 2.63 bits per heavy atom. The minimum atomic E-state index is -0.379. The number of hydrogen-bond acceptors (Lipinski definition) is 4. The van der Waals surface area contributed by atoms with E-state index < -0.39 is 0 Å². The van der Waals surface area contributed by atoms with Crippen molar-refractivity contribution in [1.29, 1.82) is 0 Å². The van der Waals surface area contributed by atoms with Gasteiger partial charge in [0.15, 0.2) is 0 Å². The molecule has 2 amide bonds. The van der Waals surface area contributed by atoms with Gasteiger partial charge in [-0.1, -0.05) is 13.3 Å². The van der Waals surface area contributed by atoms with Crippen molar-refractivity contribution in [3.8, 4) is 0 Å². The summed E-state index contributed by atoms with van der Waals surface area (Å²) in [6.07, 6.45) is 14.3. The Morgan fingerprint density at radius 1 is 1.26 bits per heavy atom. The maximum atomic E-state index is 12.5. The molecule has 3 aliphatic rings. The van der Waals surface area contributed by atoms with Gasteiger partial charge in [0.05, 0.1) is 6.61 Å². The summed E-state index contributed by atoms with van der Waals surface area (Å²) in [5.74, 6) is 0.313. The summed E-state index contributed by atoms with van der Waals surface area (Å²) in [5, 5.41) is 3.17. The minimum absolute atomic E-state index is 0.104. The lowest BCUT2D eigenvalue weighted by atomic mass is 9.70. The zero-order chi connectivity index (χ0) is 19.3. The molecule has 0 atom stereocenters. The largest absolute Gasteiger partial charge is 0.449 e. The van der Waals surface area contributed by atoms with E-state index in [1.54, 1.807) is 19.3 Å². The summed E-state index contributed by atoms with van der Waals surface area (Å²) in [5.41, 5.74) is 1.38. The van der Waals surface area contributed by atoms with Crippen molar-refractivity contribution >= 4 is 12.0 Å². The van der Waals surface area contributed by atoms with Crippen LogP contribution in [0.1, 0.15) is 46.0 Å². The maximum Gasteiger partial charge on any atom is 0.417 e. The molecule has 6 heteroatoms. The van der Waals surface area contributed by atoms with Crippen LogP contribution in [0.2, 0.25) is 0 Å². The van der Waals surface area contributed by atoms with Crippen LogP contribution in [0.4, 0.5) is 4.79 Å². The molecule has 2 heterocycles. The number of carbonyl (C=O) groups is 2. The first-order valence-corrected chi connectivity index (χ1v) is 10.1. The van der Waals surface area contributed by atoms with Crippen LogP contribution < -0.4 is 5.32 Å². The Hall–Kier alpha value is -2.24. The van der Waals surface area contributed by atoms with Crippen molar-refractivity contribution in [2.24, 2.45) is 11.3 Å². The SMILES string of the molecule is CCOC(=O)N1C=CC=C(N2CCC(C(=O)NCC3(C)CCC3)CC2)C=C1. The lowest BCUT2D eigenvalue weighted by Gasteiger charge is -2.39. The summed E-state index contributed by atoms with van der Waals surface area (Å²) in [6.45, 7) is 6.91. The second-order valence-corrected chi connectivity index (χ2v) is 8.00. The maximum absolute atomic E-state index is 12.5. The second-order valence-electron chi connectivity index (χ2n) is 8.00. The van der Waals surface area contributed by atoms with Crippen molar-refractivity contribution < 1.29 is 14.3 Å². The average Bonchev–Trinajstić information content (AvgIpc) is 2.91. The van der Waals surface area contributed by atoms with Gasteiger partial charge in [-0.05, 0) is 56.3 Å². The highest BCUT2D eigenvalue weighted by atomic mass is 16.5. The monoisotopic (exact) mass is 373 g/mol. The van der Waals surface area contributed by atoms with Gasteiger partial charge in [-0.25, -0.2) is 4.79 Å². The number of rotatable bonds is 5. The number of hydrogen-bond donors (Lipinski definition) is 1. The Balaban J connectivity index is 1.47. The van der Waals surface area contributed by atoms with E-state index in [-0.39, 0.29) is 17.9 Å². The van der Waals surface area contributed by atoms with Gasteiger partial charge >= 0.3 is 6.09 Å². The van der Waals surface area contributed by atoms with E-state index in [2.05, 4.69) is 17.1 Å². The van der Waals surface area contributed by atoms with E-state index >= 15 is 0 Å². The normalized spacial score (nSPS) is 21.9. The molecule has 3 rings (SSSR count). The van der Waals surface area contributed by atoms with Crippen molar-refractivity contribution in [2.45, 2.75) is 46.0 Å². The van der Waals surface area contributed by atoms with E-state index in [0.717, 1.165) is 38.2 Å². The fraction of sp³-hybridized carbons (Fsp3) is 0.619. The Labute approximate surface area is 161 Å². The second kappa shape index (κ2) is 8.63. The van der Waals surface area contributed by atoms with Crippen molar-refractivity contribution in [3.05, 3.63) is 36.3 Å². The molecule has 0 unspecified atom stereocenters. The number of nitrogens with one attached hydrogen (secondary N) is 1. The first-order valence-electron chi connectivity index (χ1n) is 10.1. The van der Waals surface area contributed by atoms with E-state index in [1.807, 2.05) is 18.2 Å². The van der Waals surface area contributed by atoms with Crippen LogP contribution in [0.3, 0.4) is 0 Å². The van der Waals surface area contributed by atoms with Gasteiger partial charge in [0.1, 0.15) is 0 Å². The number of likely N-dealkylation sites (tertiary alicyclic amines) is 1. The highest BCUT2D eigenvalue weighted by Crippen LogP contribution is 2.39. The molecule has 1 N–H and O–H groups in total. The van der Waals surface area contributed by atoms with Crippen LogP contribution in [-0.2, 0) is 9.53 Å². The zero-order valence-electron chi connectivity index (χ0n) is 16.4. The molecule has 0 spiro atoms. The van der Waals surface area contributed by atoms with Gasteiger partial charge in [0, 0.05) is 43.6 Å². The third-order valence-electron chi connectivity index (χ3n) is 5.88. The molecule has 148 valence electrons. The molecule has 6 nitrogen and oxygen atoms in total. The van der Waals surface area contributed by atoms with Crippen LogP contribution in [-0.4, -0.2) is 48.0 Å². The fourth-order valence-corrected chi connectivity index (χ4v) is 3.83. The Morgan fingerprint density at radius 2 is 2.00 bits per heavy atom. The number of nitrogens with zero attached hydrogens (tertiary/aromatic N) is 2. The van der Waals surface area contributed by atoms with Crippen molar-refractivity contribution in [2.75, 3.05) is 26.2 Å². The molecule has 1 aliphatic carbocycles. The first kappa shape index (κ1) is 19.5. The average molecular weight is 373 g/mol. The first-order chi connectivity index (χ1) is 13.0. The van der Waals surface area contributed by atoms with E-state index in [1.165, 1.54) is 24.2 Å². The van der Waals surface area contributed by atoms with Crippen LogP contribution in [0.5, 0.6) is 0 Å². The highest BCUT2D eigenvalue weighted by Gasteiger charge is 2.33. The standard InChI is InChI=1S/C21H31N3O3/c1-3-27-20(26)24-12-4-6-18(9-15-24)23-13-7-17(8-14-23)19(25)22-16-21(2)10-5-11-21/h4,6,9,12,15,17H,3,5,7-8,10-11,13-14,16H2,1-2H3,(H,22,25). The number of ether oxygens (including phenoxy) is 1.